The SMILES string of the molecule is CCCCCc1c(-c2ccc(C(=O)OC)cc2)c(C(N)=O)c(C)n1CCCN1CCOCC1. The van der Waals surface area contributed by atoms with E-state index in [0.717, 1.165) is 94.0 Å². The zero-order valence-electron chi connectivity index (χ0n) is 20.2. The van der Waals surface area contributed by atoms with Crippen LogP contribution in [0.4, 0.5) is 0 Å². The molecule has 7 nitrogen and oxygen atoms in total. The Bertz CT molecular complexity index is 943. The summed E-state index contributed by atoms with van der Waals surface area (Å²) in [7, 11) is 1.37. The van der Waals surface area contributed by atoms with E-state index in [9.17, 15) is 9.59 Å². The molecule has 1 aromatic heterocycles. The van der Waals surface area contributed by atoms with E-state index in [-0.39, 0.29) is 5.97 Å². The molecule has 0 atom stereocenters. The number of methoxy groups -OCH3 is 1. The number of rotatable bonds is 11. The summed E-state index contributed by atoms with van der Waals surface area (Å²) in [5.41, 5.74) is 10.8. The quantitative estimate of drug-likeness (QED) is 0.411. The average molecular weight is 456 g/mol. The van der Waals surface area contributed by atoms with Crippen molar-refractivity contribution < 1.29 is 19.1 Å². The van der Waals surface area contributed by atoms with Crippen molar-refractivity contribution in [2.24, 2.45) is 5.73 Å². The highest BCUT2D eigenvalue weighted by atomic mass is 16.5. The third kappa shape index (κ3) is 6.03. The lowest BCUT2D eigenvalue weighted by atomic mass is 9.96. The number of unbranched alkanes of at least 4 members (excludes halogenated alkanes) is 2. The van der Waals surface area contributed by atoms with Gasteiger partial charge in [-0.05, 0) is 43.9 Å². The molecule has 1 aromatic carbocycles. The predicted octanol–water partition coefficient (Wildman–Crippen LogP) is 3.80. The van der Waals surface area contributed by atoms with E-state index < -0.39 is 5.91 Å². The summed E-state index contributed by atoms with van der Waals surface area (Å²) in [6.07, 6.45) is 5.19. The van der Waals surface area contributed by atoms with Gasteiger partial charge in [-0.25, -0.2) is 4.79 Å². The first-order valence-corrected chi connectivity index (χ1v) is 12.0. The van der Waals surface area contributed by atoms with Crippen LogP contribution in [-0.4, -0.2) is 61.3 Å². The lowest BCUT2D eigenvalue weighted by Crippen LogP contribution is -2.37. The van der Waals surface area contributed by atoms with Gasteiger partial charge in [-0.3, -0.25) is 9.69 Å². The fraction of sp³-hybridized carbons (Fsp3) is 0.538. The van der Waals surface area contributed by atoms with Gasteiger partial charge < -0.3 is 19.8 Å². The van der Waals surface area contributed by atoms with Gasteiger partial charge in [-0.2, -0.15) is 0 Å². The number of hydrogen-bond acceptors (Lipinski definition) is 5. The van der Waals surface area contributed by atoms with Gasteiger partial charge >= 0.3 is 5.97 Å². The van der Waals surface area contributed by atoms with Crippen molar-refractivity contribution in [2.75, 3.05) is 40.0 Å². The van der Waals surface area contributed by atoms with E-state index in [1.54, 1.807) is 12.1 Å². The standard InChI is InChI=1S/C26H37N3O4/c1-4-5-6-8-22-24(20-9-11-21(12-10-20)26(31)32-3)23(25(27)30)19(2)29(22)14-7-13-28-15-17-33-18-16-28/h9-12H,4-8,13-18H2,1-3H3,(H2,27,30). The van der Waals surface area contributed by atoms with Gasteiger partial charge in [-0.1, -0.05) is 31.9 Å². The second-order valence-electron chi connectivity index (χ2n) is 8.63. The van der Waals surface area contributed by atoms with Crippen molar-refractivity contribution in [1.82, 2.24) is 9.47 Å². The summed E-state index contributed by atoms with van der Waals surface area (Å²) in [6, 6.07) is 7.25. The molecule has 1 fully saturated rings. The molecule has 2 aromatic rings. The van der Waals surface area contributed by atoms with Crippen LogP contribution in [0, 0.1) is 6.92 Å². The molecular weight excluding hydrogens is 418 g/mol. The molecule has 3 rings (SSSR count). The Morgan fingerprint density at radius 1 is 1.06 bits per heavy atom. The van der Waals surface area contributed by atoms with E-state index in [0.29, 0.717) is 11.1 Å². The molecule has 1 aliphatic heterocycles. The number of carbonyl (C=O) groups excluding carboxylic acids is 2. The second-order valence-corrected chi connectivity index (χ2v) is 8.63. The Morgan fingerprint density at radius 3 is 2.36 bits per heavy atom. The van der Waals surface area contributed by atoms with E-state index in [2.05, 4.69) is 16.4 Å². The summed E-state index contributed by atoms with van der Waals surface area (Å²) in [5.74, 6) is -0.792. The van der Waals surface area contributed by atoms with Crippen molar-refractivity contribution in [3.05, 3.63) is 46.8 Å². The topological polar surface area (TPSA) is 86.8 Å². The summed E-state index contributed by atoms with van der Waals surface area (Å²) in [4.78, 5) is 26.9. The fourth-order valence-electron chi connectivity index (χ4n) is 4.68. The highest BCUT2D eigenvalue weighted by molar-refractivity contribution is 6.02. The monoisotopic (exact) mass is 455 g/mol. The van der Waals surface area contributed by atoms with Crippen molar-refractivity contribution in [2.45, 2.75) is 52.5 Å². The van der Waals surface area contributed by atoms with Gasteiger partial charge in [0.2, 0.25) is 0 Å². The van der Waals surface area contributed by atoms with Crippen LogP contribution >= 0.6 is 0 Å². The zero-order chi connectivity index (χ0) is 23.8. The van der Waals surface area contributed by atoms with Crippen LogP contribution < -0.4 is 5.73 Å². The number of esters is 1. The predicted molar refractivity (Wildman–Crippen MR) is 130 cm³/mol. The Labute approximate surface area is 196 Å². The van der Waals surface area contributed by atoms with Crippen molar-refractivity contribution in [1.29, 1.82) is 0 Å². The number of aromatic nitrogens is 1. The van der Waals surface area contributed by atoms with Crippen LogP contribution in [0.1, 0.15) is 64.7 Å². The number of benzene rings is 1. The van der Waals surface area contributed by atoms with Crippen LogP contribution in [0.15, 0.2) is 24.3 Å². The molecule has 0 aliphatic carbocycles. The lowest BCUT2D eigenvalue weighted by Gasteiger charge is -2.26. The first-order chi connectivity index (χ1) is 16.0. The molecule has 0 unspecified atom stereocenters. The van der Waals surface area contributed by atoms with Crippen LogP contribution in [0.3, 0.4) is 0 Å². The lowest BCUT2D eigenvalue weighted by molar-refractivity contribution is 0.0369. The van der Waals surface area contributed by atoms with Crippen LogP contribution in [0.25, 0.3) is 11.1 Å². The minimum absolute atomic E-state index is 0.378. The summed E-state index contributed by atoms with van der Waals surface area (Å²) in [5, 5.41) is 0. The minimum Gasteiger partial charge on any atom is -0.465 e. The summed E-state index contributed by atoms with van der Waals surface area (Å²) >= 11 is 0. The zero-order valence-corrected chi connectivity index (χ0v) is 20.2. The number of hydrogen-bond donors (Lipinski definition) is 1. The molecule has 0 radical (unpaired) electrons. The molecule has 2 heterocycles. The molecule has 0 saturated carbocycles. The minimum atomic E-state index is -0.414. The fourth-order valence-corrected chi connectivity index (χ4v) is 4.68. The Kier molecular flexibility index (Phi) is 9.09. The van der Waals surface area contributed by atoms with Gasteiger partial charge in [-0.15, -0.1) is 0 Å². The van der Waals surface area contributed by atoms with E-state index in [4.69, 9.17) is 15.2 Å². The first kappa shape index (κ1) is 25.0. The van der Waals surface area contributed by atoms with Crippen molar-refractivity contribution >= 4 is 11.9 Å². The number of amides is 1. The van der Waals surface area contributed by atoms with E-state index in [1.165, 1.54) is 7.11 Å². The normalized spacial score (nSPS) is 14.4. The van der Waals surface area contributed by atoms with Crippen molar-refractivity contribution in [3.63, 3.8) is 0 Å². The van der Waals surface area contributed by atoms with E-state index in [1.807, 2.05) is 19.1 Å². The van der Waals surface area contributed by atoms with Gasteiger partial charge in [0.15, 0.2) is 0 Å². The van der Waals surface area contributed by atoms with Crippen molar-refractivity contribution in [3.8, 4) is 11.1 Å². The number of primary amides is 1. The number of morpholine rings is 1. The van der Waals surface area contributed by atoms with Crippen LogP contribution in [0.5, 0.6) is 0 Å². The van der Waals surface area contributed by atoms with Gasteiger partial charge in [0, 0.05) is 43.1 Å². The maximum atomic E-state index is 12.6. The molecule has 1 amide bonds. The molecular formula is C26H37N3O4. The number of nitrogens with two attached hydrogens (primary N) is 1. The molecule has 0 spiro atoms. The molecule has 2 N–H and O–H groups in total. The summed E-state index contributed by atoms with van der Waals surface area (Å²) in [6.45, 7) is 9.55. The largest absolute Gasteiger partial charge is 0.465 e. The number of nitrogens with zero attached hydrogens (tertiary/aromatic N) is 2. The Morgan fingerprint density at radius 2 is 1.76 bits per heavy atom. The molecule has 0 bridgehead atoms. The maximum absolute atomic E-state index is 12.6. The Hall–Kier alpha value is -2.64. The summed E-state index contributed by atoms with van der Waals surface area (Å²) < 4.78 is 12.6. The number of ether oxygens (including phenoxy) is 2. The third-order valence-electron chi connectivity index (χ3n) is 6.45. The first-order valence-electron chi connectivity index (χ1n) is 12.0. The molecule has 7 heteroatoms. The maximum Gasteiger partial charge on any atom is 0.337 e. The van der Waals surface area contributed by atoms with Gasteiger partial charge in [0.05, 0.1) is 31.5 Å². The van der Waals surface area contributed by atoms with Crippen LogP contribution in [-0.2, 0) is 22.4 Å². The number of carbonyl (C=O) groups is 2. The molecule has 180 valence electrons. The van der Waals surface area contributed by atoms with Crippen LogP contribution in [0.2, 0.25) is 0 Å². The van der Waals surface area contributed by atoms with Gasteiger partial charge in [0.1, 0.15) is 0 Å². The van der Waals surface area contributed by atoms with Gasteiger partial charge in [0.25, 0.3) is 5.91 Å². The van der Waals surface area contributed by atoms with E-state index >= 15 is 0 Å². The highest BCUT2D eigenvalue weighted by Gasteiger charge is 2.25. The molecule has 1 saturated heterocycles. The smallest absolute Gasteiger partial charge is 0.337 e. The second kappa shape index (κ2) is 12.0. The third-order valence-corrected chi connectivity index (χ3v) is 6.45. The molecule has 33 heavy (non-hydrogen) atoms. The highest BCUT2D eigenvalue weighted by Crippen LogP contribution is 2.34. The average Bonchev–Trinajstić information content (AvgIpc) is 3.11. The molecule has 1 aliphatic rings. The Balaban J connectivity index is 1.95.